The first-order chi connectivity index (χ1) is 6.02. The van der Waals surface area contributed by atoms with E-state index in [1.807, 2.05) is 13.8 Å². The molecule has 0 spiro atoms. The van der Waals surface area contributed by atoms with Crippen LogP contribution in [0.3, 0.4) is 0 Å². The molecule has 0 bridgehead atoms. The van der Waals surface area contributed by atoms with Gasteiger partial charge >= 0.3 is 0 Å². The Morgan fingerprint density at radius 3 is 2.46 bits per heavy atom. The van der Waals surface area contributed by atoms with Crippen molar-refractivity contribution in [3.63, 3.8) is 0 Å². The van der Waals surface area contributed by atoms with Gasteiger partial charge in [-0.3, -0.25) is 4.79 Å². The molecule has 2 atom stereocenters. The van der Waals surface area contributed by atoms with Gasteiger partial charge in [-0.05, 0) is 6.42 Å². The lowest BCUT2D eigenvalue weighted by Gasteiger charge is -2.34. The van der Waals surface area contributed by atoms with E-state index >= 15 is 0 Å². The molecule has 4 nitrogen and oxygen atoms in total. The highest BCUT2D eigenvalue weighted by Gasteiger charge is 2.29. The van der Waals surface area contributed by atoms with E-state index in [0.717, 1.165) is 0 Å². The summed E-state index contributed by atoms with van der Waals surface area (Å²) in [5, 5.41) is 18.6. The minimum atomic E-state index is -0.781. The number of carbonyl (C=O) groups is 1. The number of rotatable bonds is 1. The maximum absolute atomic E-state index is 11.5. The number of aliphatic hydroxyl groups is 2. The van der Waals surface area contributed by atoms with E-state index in [1.165, 1.54) is 0 Å². The minimum absolute atomic E-state index is 0.0394. The van der Waals surface area contributed by atoms with Crippen LogP contribution < -0.4 is 0 Å². The van der Waals surface area contributed by atoms with Crippen LogP contribution in [0.4, 0.5) is 0 Å². The molecule has 1 aliphatic rings. The fraction of sp³-hybridized carbons (Fsp3) is 0.889. The Balaban J connectivity index is 2.50. The normalized spacial score (nSPS) is 29.5. The zero-order valence-electron chi connectivity index (χ0n) is 8.10. The summed E-state index contributed by atoms with van der Waals surface area (Å²) in [5.74, 6) is 0.00777. The largest absolute Gasteiger partial charge is 0.390 e. The van der Waals surface area contributed by atoms with E-state index in [9.17, 15) is 15.0 Å². The molecule has 1 fully saturated rings. The lowest BCUT2D eigenvalue weighted by atomic mass is 10.0. The lowest BCUT2D eigenvalue weighted by Crippen LogP contribution is -2.50. The summed E-state index contributed by atoms with van der Waals surface area (Å²) in [6, 6.07) is 0. The Bertz CT molecular complexity index is 193. The molecule has 0 aliphatic carbocycles. The van der Waals surface area contributed by atoms with E-state index in [-0.39, 0.29) is 18.4 Å². The molecule has 1 rings (SSSR count). The number of nitrogens with zero attached hydrogens (tertiary/aromatic N) is 1. The van der Waals surface area contributed by atoms with Crippen LogP contribution in [0, 0.1) is 5.92 Å². The van der Waals surface area contributed by atoms with Crippen molar-refractivity contribution < 1.29 is 15.0 Å². The van der Waals surface area contributed by atoms with E-state index in [0.29, 0.717) is 13.0 Å². The number of β-amino-alcohol motifs (C(OH)–C–C–N with tert-alkyl or cyclic N) is 1. The standard InChI is InChI=1S/C9H17NO3/c1-6(2)9(13)10-4-3-7(11)8(12)5-10/h6-8,11-12H,3-5H2,1-2H3. The summed E-state index contributed by atoms with van der Waals surface area (Å²) in [6.07, 6.45) is -0.979. The van der Waals surface area contributed by atoms with Crippen LogP contribution in [0.25, 0.3) is 0 Å². The number of hydrogen-bond acceptors (Lipinski definition) is 3. The molecule has 0 aromatic heterocycles. The van der Waals surface area contributed by atoms with Gasteiger partial charge in [0.25, 0.3) is 0 Å². The number of likely N-dealkylation sites (tertiary alicyclic amines) is 1. The molecule has 76 valence electrons. The molecule has 2 unspecified atom stereocenters. The van der Waals surface area contributed by atoms with Gasteiger partial charge in [-0.25, -0.2) is 0 Å². The predicted octanol–water partition coefficient (Wildman–Crippen LogP) is -0.404. The first-order valence-electron chi connectivity index (χ1n) is 4.67. The van der Waals surface area contributed by atoms with Gasteiger partial charge in [-0.15, -0.1) is 0 Å². The Hall–Kier alpha value is -0.610. The monoisotopic (exact) mass is 187 g/mol. The van der Waals surface area contributed by atoms with Crippen molar-refractivity contribution in [2.24, 2.45) is 5.92 Å². The van der Waals surface area contributed by atoms with Crippen molar-refractivity contribution in [2.45, 2.75) is 32.5 Å². The van der Waals surface area contributed by atoms with Crippen LogP contribution in [-0.2, 0) is 4.79 Å². The van der Waals surface area contributed by atoms with Crippen LogP contribution in [0.1, 0.15) is 20.3 Å². The number of aliphatic hydroxyl groups excluding tert-OH is 2. The summed E-state index contributed by atoms with van der Waals surface area (Å²) < 4.78 is 0. The van der Waals surface area contributed by atoms with Crippen molar-refractivity contribution in [2.75, 3.05) is 13.1 Å². The first-order valence-corrected chi connectivity index (χ1v) is 4.67. The highest BCUT2D eigenvalue weighted by molar-refractivity contribution is 5.78. The van der Waals surface area contributed by atoms with Gasteiger partial charge in [0.05, 0.1) is 12.2 Å². The Morgan fingerprint density at radius 1 is 1.38 bits per heavy atom. The molecular formula is C9H17NO3. The van der Waals surface area contributed by atoms with Crippen LogP contribution >= 0.6 is 0 Å². The van der Waals surface area contributed by atoms with Gasteiger partial charge in [0.1, 0.15) is 0 Å². The average molecular weight is 187 g/mol. The molecule has 0 aromatic rings. The second-order valence-electron chi connectivity index (χ2n) is 3.86. The van der Waals surface area contributed by atoms with Gasteiger partial charge in [0, 0.05) is 19.0 Å². The van der Waals surface area contributed by atoms with Crippen LogP contribution in [-0.4, -0.2) is 46.3 Å². The Kier molecular flexibility index (Phi) is 3.27. The molecule has 0 radical (unpaired) electrons. The van der Waals surface area contributed by atoms with Crippen LogP contribution in [0.15, 0.2) is 0 Å². The van der Waals surface area contributed by atoms with Crippen molar-refractivity contribution in [1.82, 2.24) is 4.90 Å². The lowest BCUT2D eigenvalue weighted by molar-refractivity contribution is -0.140. The van der Waals surface area contributed by atoms with Gasteiger partial charge in [-0.1, -0.05) is 13.8 Å². The summed E-state index contributed by atoms with van der Waals surface area (Å²) >= 11 is 0. The molecule has 1 saturated heterocycles. The zero-order valence-corrected chi connectivity index (χ0v) is 8.10. The molecule has 2 N–H and O–H groups in total. The zero-order chi connectivity index (χ0) is 10.0. The molecule has 0 aromatic carbocycles. The van der Waals surface area contributed by atoms with E-state index in [1.54, 1.807) is 4.90 Å². The molecule has 1 heterocycles. The fourth-order valence-electron chi connectivity index (χ4n) is 1.48. The smallest absolute Gasteiger partial charge is 0.225 e. The number of piperidine rings is 1. The van der Waals surface area contributed by atoms with E-state index in [2.05, 4.69) is 0 Å². The van der Waals surface area contributed by atoms with Crippen LogP contribution in [0.5, 0.6) is 0 Å². The highest BCUT2D eigenvalue weighted by atomic mass is 16.3. The fourth-order valence-corrected chi connectivity index (χ4v) is 1.48. The maximum Gasteiger partial charge on any atom is 0.225 e. The molecule has 1 amide bonds. The molecule has 13 heavy (non-hydrogen) atoms. The molecular weight excluding hydrogens is 170 g/mol. The van der Waals surface area contributed by atoms with E-state index in [4.69, 9.17) is 0 Å². The third-order valence-electron chi connectivity index (χ3n) is 2.35. The third kappa shape index (κ3) is 2.42. The quantitative estimate of drug-likeness (QED) is 0.587. The second kappa shape index (κ2) is 4.07. The summed E-state index contributed by atoms with van der Waals surface area (Å²) in [7, 11) is 0. The van der Waals surface area contributed by atoms with E-state index < -0.39 is 12.2 Å². The third-order valence-corrected chi connectivity index (χ3v) is 2.35. The number of carbonyl (C=O) groups excluding carboxylic acids is 1. The molecule has 4 heteroatoms. The predicted molar refractivity (Wildman–Crippen MR) is 48.0 cm³/mol. The van der Waals surface area contributed by atoms with Gasteiger partial charge in [0.15, 0.2) is 0 Å². The van der Waals surface area contributed by atoms with Gasteiger partial charge in [0.2, 0.25) is 5.91 Å². The number of amides is 1. The highest BCUT2D eigenvalue weighted by Crippen LogP contribution is 2.13. The van der Waals surface area contributed by atoms with Gasteiger partial charge < -0.3 is 15.1 Å². The van der Waals surface area contributed by atoms with Crippen molar-refractivity contribution in [1.29, 1.82) is 0 Å². The average Bonchev–Trinajstić information content (AvgIpc) is 2.08. The van der Waals surface area contributed by atoms with Crippen molar-refractivity contribution in [3.05, 3.63) is 0 Å². The summed E-state index contributed by atoms with van der Waals surface area (Å²) in [5.41, 5.74) is 0. The van der Waals surface area contributed by atoms with Crippen molar-refractivity contribution in [3.8, 4) is 0 Å². The number of hydrogen-bond donors (Lipinski definition) is 2. The SMILES string of the molecule is CC(C)C(=O)N1CCC(O)C(O)C1. The topological polar surface area (TPSA) is 60.8 Å². The second-order valence-corrected chi connectivity index (χ2v) is 3.86. The summed E-state index contributed by atoms with van der Waals surface area (Å²) in [6.45, 7) is 4.48. The maximum atomic E-state index is 11.5. The van der Waals surface area contributed by atoms with Gasteiger partial charge in [-0.2, -0.15) is 0 Å². The Labute approximate surface area is 78.2 Å². The first kappa shape index (κ1) is 10.5. The molecule has 0 saturated carbocycles. The van der Waals surface area contributed by atoms with Crippen LogP contribution in [0.2, 0.25) is 0 Å². The molecule has 1 aliphatic heterocycles. The Morgan fingerprint density at radius 2 is 2.00 bits per heavy atom. The minimum Gasteiger partial charge on any atom is -0.390 e. The summed E-state index contributed by atoms with van der Waals surface area (Å²) in [4.78, 5) is 13.1. The van der Waals surface area contributed by atoms with Crippen molar-refractivity contribution >= 4 is 5.91 Å².